The number of benzene rings is 7. The minimum atomic E-state index is -0.202. The highest BCUT2D eigenvalue weighted by Gasteiger charge is 2.30. The Morgan fingerprint density at radius 1 is 0.689 bits per heavy atom. The Kier molecular flexibility index (Phi) is 7.43. The number of carbonyl (C=O) groups is 2. The molecule has 0 aromatic heterocycles. The van der Waals surface area contributed by atoms with Crippen molar-refractivity contribution in [2.45, 2.75) is 59.8 Å². The van der Waals surface area contributed by atoms with Gasteiger partial charge in [0.25, 0.3) is 0 Å². The fourth-order valence-corrected chi connectivity index (χ4v) is 8.18. The fraction of sp³-hybridized carbons (Fsp3) is 0.350. The molecule has 1 N–H and O–H groups in total. The highest BCUT2D eigenvalue weighted by Crippen LogP contribution is 2.49. The van der Waals surface area contributed by atoms with Crippen LogP contribution >= 0.6 is 12.6 Å². The highest BCUT2D eigenvalue weighted by molar-refractivity contribution is 7.80. The van der Waals surface area contributed by atoms with Gasteiger partial charge in [-0.2, -0.15) is 12.6 Å². The Bertz CT molecular complexity index is 2120. The lowest BCUT2D eigenvalue weighted by Gasteiger charge is -2.34. The molecule has 230 valence electrons. The van der Waals surface area contributed by atoms with Crippen molar-refractivity contribution in [3.63, 3.8) is 0 Å². The van der Waals surface area contributed by atoms with Crippen LogP contribution in [-0.4, -0.2) is 30.8 Å². The molecule has 4 nitrogen and oxygen atoms in total. The smallest absolute Gasteiger partial charge is 0.305 e. The van der Waals surface area contributed by atoms with E-state index in [0.717, 1.165) is 19.3 Å². The van der Waals surface area contributed by atoms with Gasteiger partial charge in [0, 0.05) is 19.4 Å². The summed E-state index contributed by atoms with van der Waals surface area (Å²) in [5.41, 5.74) is 0.971. The van der Waals surface area contributed by atoms with Gasteiger partial charge in [-0.05, 0) is 106 Å². The summed E-state index contributed by atoms with van der Waals surface area (Å²) in [6.45, 7) is 9.48. The second-order valence-corrected chi connectivity index (χ2v) is 15.0. The minimum Gasteiger partial charge on any atom is -0.465 e. The molecule has 45 heavy (non-hydrogen) atoms. The first-order valence-corrected chi connectivity index (χ1v) is 16.8. The van der Waals surface area contributed by atoms with E-state index in [9.17, 15) is 9.59 Å². The van der Waals surface area contributed by atoms with Gasteiger partial charge in [-0.25, -0.2) is 0 Å². The van der Waals surface area contributed by atoms with E-state index in [1.807, 2.05) is 0 Å². The van der Waals surface area contributed by atoms with E-state index in [4.69, 9.17) is 4.74 Å². The highest BCUT2D eigenvalue weighted by atomic mass is 32.1. The Balaban J connectivity index is 1.09. The third-order valence-electron chi connectivity index (χ3n) is 9.60. The van der Waals surface area contributed by atoms with Crippen molar-refractivity contribution in [3.05, 3.63) is 72.3 Å². The summed E-state index contributed by atoms with van der Waals surface area (Å²) in [6, 6.07) is 25.0. The molecule has 0 aliphatic heterocycles. The standard InChI is InChI=1S/C40H41NO3S/c1-39(2,22-41-31(42)18-19-45)21-40(3,4)23-44-32(43)7-5-6-28-20-29-15-14-26-11-9-24-8-10-25-12-13-27-16-17-30(28)38-36(27)34(25)33(24)35(26)37(29)38/h8-17,20,45H,5-7,18-19,21-23H2,1-4H3,(H,41,42). The molecule has 0 spiro atoms. The van der Waals surface area contributed by atoms with Crippen molar-refractivity contribution >= 4 is 89.1 Å². The zero-order valence-electron chi connectivity index (χ0n) is 26.7. The van der Waals surface area contributed by atoms with E-state index < -0.39 is 0 Å². The molecule has 0 atom stereocenters. The zero-order chi connectivity index (χ0) is 31.5. The van der Waals surface area contributed by atoms with Crippen molar-refractivity contribution in [2.75, 3.05) is 18.9 Å². The lowest BCUT2D eigenvalue weighted by atomic mass is 9.75. The van der Waals surface area contributed by atoms with E-state index in [2.05, 4.69) is 112 Å². The maximum Gasteiger partial charge on any atom is 0.305 e. The van der Waals surface area contributed by atoms with Crippen LogP contribution in [-0.2, 0) is 20.7 Å². The minimum absolute atomic E-state index is 0.0237. The van der Waals surface area contributed by atoms with Gasteiger partial charge in [-0.15, -0.1) is 0 Å². The fourth-order valence-electron chi connectivity index (χ4n) is 7.98. The third-order valence-corrected chi connectivity index (χ3v) is 9.82. The van der Waals surface area contributed by atoms with Crippen LogP contribution in [0.25, 0.3) is 64.6 Å². The van der Waals surface area contributed by atoms with Crippen LogP contribution in [0.2, 0.25) is 0 Å². The first-order chi connectivity index (χ1) is 21.5. The zero-order valence-corrected chi connectivity index (χ0v) is 27.6. The van der Waals surface area contributed by atoms with Crippen molar-refractivity contribution in [1.82, 2.24) is 5.32 Å². The van der Waals surface area contributed by atoms with Crippen LogP contribution in [0.4, 0.5) is 0 Å². The number of esters is 1. The average molecular weight is 616 g/mol. The molecule has 0 aliphatic rings. The van der Waals surface area contributed by atoms with Gasteiger partial charge in [-0.3, -0.25) is 9.59 Å². The molecule has 0 heterocycles. The maximum absolute atomic E-state index is 12.9. The predicted molar refractivity (Wildman–Crippen MR) is 193 cm³/mol. The van der Waals surface area contributed by atoms with Crippen LogP contribution in [0.5, 0.6) is 0 Å². The van der Waals surface area contributed by atoms with Crippen molar-refractivity contribution in [1.29, 1.82) is 0 Å². The summed E-state index contributed by atoms with van der Waals surface area (Å²) in [4.78, 5) is 24.8. The number of thiol groups is 1. The van der Waals surface area contributed by atoms with Crippen LogP contribution in [0.15, 0.2) is 66.7 Å². The van der Waals surface area contributed by atoms with Crippen LogP contribution in [0, 0.1) is 10.8 Å². The quantitative estimate of drug-likeness (QED) is 0.0623. The summed E-state index contributed by atoms with van der Waals surface area (Å²) >= 11 is 4.14. The van der Waals surface area contributed by atoms with Gasteiger partial charge in [0.2, 0.25) is 5.91 Å². The van der Waals surface area contributed by atoms with Crippen LogP contribution in [0.1, 0.15) is 58.9 Å². The van der Waals surface area contributed by atoms with Crippen LogP contribution in [0.3, 0.4) is 0 Å². The van der Waals surface area contributed by atoms with Gasteiger partial charge in [0.1, 0.15) is 0 Å². The molecule has 7 rings (SSSR count). The number of hydrogen-bond acceptors (Lipinski definition) is 4. The number of hydrogen-bond donors (Lipinski definition) is 2. The summed E-state index contributed by atoms with van der Waals surface area (Å²) in [5, 5.41) is 18.9. The molecule has 1 amide bonds. The number of nitrogens with one attached hydrogen (secondary N) is 1. The van der Waals surface area contributed by atoms with E-state index >= 15 is 0 Å². The molecule has 5 heteroatoms. The summed E-state index contributed by atoms with van der Waals surface area (Å²) in [5.74, 6) is 0.416. The Morgan fingerprint density at radius 2 is 1.20 bits per heavy atom. The molecule has 0 aliphatic carbocycles. The van der Waals surface area contributed by atoms with Gasteiger partial charge in [-0.1, -0.05) is 94.4 Å². The molecular formula is C40H41NO3S. The third kappa shape index (κ3) is 5.39. The largest absolute Gasteiger partial charge is 0.465 e. The SMILES string of the molecule is CC(C)(CNC(=O)CCS)CC(C)(C)COC(=O)CCCc1cc2ccc3ccc4ccc5ccc6ccc1c1c6c5c4c3c21. The predicted octanol–water partition coefficient (Wildman–Crippen LogP) is 9.66. The monoisotopic (exact) mass is 615 g/mol. The van der Waals surface area contributed by atoms with Gasteiger partial charge in [0.15, 0.2) is 0 Å². The summed E-state index contributed by atoms with van der Waals surface area (Å²) in [6.07, 6.45) is 3.18. The Hall–Kier alpha value is -3.83. The first-order valence-electron chi connectivity index (χ1n) is 16.2. The van der Waals surface area contributed by atoms with E-state index in [0.29, 0.717) is 31.7 Å². The maximum atomic E-state index is 12.9. The normalized spacial score (nSPS) is 13.0. The number of amides is 1. The second-order valence-electron chi connectivity index (χ2n) is 14.5. The number of carbonyl (C=O) groups excluding carboxylic acids is 2. The second kappa shape index (κ2) is 11.2. The molecular weight excluding hydrogens is 575 g/mol. The Morgan fingerprint density at radius 3 is 1.78 bits per heavy atom. The lowest BCUT2D eigenvalue weighted by Crippen LogP contribution is -2.38. The Labute approximate surface area is 269 Å². The van der Waals surface area contributed by atoms with E-state index in [1.165, 1.54) is 70.2 Å². The number of ether oxygens (including phenoxy) is 1. The molecule has 0 saturated carbocycles. The first kappa shape index (κ1) is 29.9. The summed E-state index contributed by atoms with van der Waals surface area (Å²) in [7, 11) is 0. The van der Waals surface area contributed by atoms with Crippen molar-refractivity contribution in [3.8, 4) is 0 Å². The van der Waals surface area contributed by atoms with E-state index in [1.54, 1.807) is 0 Å². The van der Waals surface area contributed by atoms with Crippen LogP contribution < -0.4 is 5.32 Å². The lowest BCUT2D eigenvalue weighted by molar-refractivity contribution is -0.147. The van der Waals surface area contributed by atoms with Gasteiger partial charge in [0.05, 0.1) is 6.61 Å². The molecule has 0 fully saturated rings. The van der Waals surface area contributed by atoms with Gasteiger partial charge < -0.3 is 10.1 Å². The molecule has 0 radical (unpaired) electrons. The molecule has 7 aromatic rings. The molecule has 7 aromatic carbocycles. The molecule has 0 unspecified atom stereocenters. The van der Waals surface area contributed by atoms with Crippen molar-refractivity contribution in [2.24, 2.45) is 10.8 Å². The molecule has 0 bridgehead atoms. The summed E-state index contributed by atoms with van der Waals surface area (Å²) < 4.78 is 5.81. The van der Waals surface area contributed by atoms with E-state index in [-0.39, 0.29) is 22.7 Å². The topological polar surface area (TPSA) is 55.4 Å². The average Bonchev–Trinajstić information content (AvgIpc) is 3.01. The van der Waals surface area contributed by atoms with Gasteiger partial charge >= 0.3 is 5.97 Å². The number of aryl methyl sites for hydroxylation is 1. The number of rotatable bonds is 12. The van der Waals surface area contributed by atoms with Crippen molar-refractivity contribution < 1.29 is 14.3 Å². The molecule has 0 saturated heterocycles.